The first-order valence-electron chi connectivity index (χ1n) is 6.56. The average Bonchev–Trinajstić information content (AvgIpc) is 2.79. The number of halogens is 3. The van der Waals surface area contributed by atoms with Gasteiger partial charge in [-0.15, -0.1) is 11.3 Å². The van der Waals surface area contributed by atoms with Crippen LogP contribution in [0.25, 0.3) is 0 Å². The maximum atomic E-state index is 13.5. The van der Waals surface area contributed by atoms with Gasteiger partial charge in [-0.05, 0) is 68.6 Å². The Morgan fingerprint density at radius 2 is 2.05 bits per heavy atom. The van der Waals surface area contributed by atoms with Crippen molar-refractivity contribution >= 4 is 43.2 Å². The van der Waals surface area contributed by atoms with Crippen LogP contribution >= 0.6 is 43.2 Å². The lowest BCUT2D eigenvalue weighted by Crippen LogP contribution is -2.33. The van der Waals surface area contributed by atoms with Crippen LogP contribution in [-0.2, 0) is 0 Å². The molecule has 0 spiro atoms. The normalized spacial score (nSPS) is 22.9. The Labute approximate surface area is 138 Å². The molecular weight excluding hydrogens is 405 g/mol. The minimum atomic E-state index is -0.152. The van der Waals surface area contributed by atoms with Crippen LogP contribution in [-0.4, -0.2) is 13.1 Å². The molecule has 2 aromatic rings. The summed E-state index contributed by atoms with van der Waals surface area (Å²) in [6.07, 6.45) is 1.08. The fraction of sp³-hybridized carbons (Fsp3) is 0.333. The van der Waals surface area contributed by atoms with Crippen molar-refractivity contribution in [1.29, 1.82) is 0 Å². The van der Waals surface area contributed by atoms with Gasteiger partial charge in [-0.2, -0.15) is 0 Å². The van der Waals surface area contributed by atoms with Crippen LogP contribution in [0, 0.1) is 5.82 Å². The molecule has 1 nitrogen and oxygen atoms in total. The Morgan fingerprint density at radius 1 is 1.20 bits per heavy atom. The Kier molecular flexibility index (Phi) is 4.60. The molecule has 2 unspecified atom stereocenters. The van der Waals surface area contributed by atoms with Gasteiger partial charge in [0.2, 0.25) is 0 Å². The van der Waals surface area contributed by atoms with Gasteiger partial charge in [-0.1, -0.05) is 12.1 Å². The SMILES string of the molecule is Fc1cccc(C2CNCCC2c2cc(Br)c(Br)s2)c1. The first kappa shape index (κ1) is 14.7. The average molecular weight is 419 g/mol. The molecular formula is C15H14Br2FNS. The van der Waals surface area contributed by atoms with E-state index in [9.17, 15) is 4.39 Å². The molecule has 5 heteroatoms. The van der Waals surface area contributed by atoms with Crippen LogP contribution in [0.5, 0.6) is 0 Å². The van der Waals surface area contributed by atoms with Crippen molar-refractivity contribution in [3.05, 3.63) is 54.8 Å². The highest BCUT2D eigenvalue weighted by molar-refractivity contribution is 9.13. The minimum Gasteiger partial charge on any atom is -0.316 e. The van der Waals surface area contributed by atoms with Gasteiger partial charge in [0.15, 0.2) is 0 Å². The molecule has 2 atom stereocenters. The van der Waals surface area contributed by atoms with Gasteiger partial charge in [0, 0.05) is 27.7 Å². The first-order valence-corrected chi connectivity index (χ1v) is 8.96. The van der Waals surface area contributed by atoms with Crippen molar-refractivity contribution in [3.63, 3.8) is 0 Å². The summed E-state index contributed by atoms with van der Waals surface area (Å²) >= 11 is 8.90. The maximum absolute atomic E-state index is 13.5. The smallest absolute Gasteiger partial charge is 0.123 e. The van der Waals surface area contributed by atoms with Crippen molar-refractivity contribution in [2.75, 3.05) is 13.1 Å². The summed E-state index contributed by atoms with van der Waals surface area (Å²) in [5.74, 6) is 0.628. The van der Waals surface area contributed by atoms with Crippen molar-refractivity contribution in [2.45, 2.75) is 18.3 Å². The van der Waals surface area contributed by atoms with Crippen molar-refractivity contribution in [3.8, 4) is 0 Å². The number of rotatable bonds is 2. The molecule has 0 radical (unpaired) electrons. The third kappa shape index (κ3) is 3.01. The highest BCUT2D eigenvalue weighted by atomic mass is 79.9. The van der Waals surface area contributed by atoms with Crippen LogP contribution in [0.1, 0.15) is 28.7 Å². The molecule has 0 amide bonds. The van der Waals surface area contributed by atoms with Gasteiger partial charge >= 0.3 is 0 Å². The first-order chi connectivity index (χ1) is 9.65. The Hall–Kier alpha value is -0.230. The second kappa shape index (κ2) is 6.26. The molecule has 1 saturated heterocycles. The highest BCUT2D eigenvalue weighted by Crippen LogP contribution is 2.44. The predicted octanol–water partition coefficient (Wildman–Crippen LogP) is 5.27. The standard InChI is InChI=1S/C15H14Br2FNS/c16-13-7-14(20-15(13)17)11-4-5-19-8-12(11)9-2-1-3-10(18)6-9/h1-3,6-7,11-12,19H,4-5,8H2. The highest BCUT2D eigenvalue weighted by Gasteiger charge is 2.29. The van der Waals surface area contributed by atoms with Crippen LogP contribution in [0.3, 0.4) is 0 Å². The topological polar surface area (TPSA) is 12.0 Å². The molecule has 0 aliphatic carbocycles. The quantitative estimate of drug-likeness (QED) is 0.700. The lowest BCUT2D eigenvalue weighted by atomic mass is 9.80. The number of nitrogens with one attached hydrogen (secondary N) is 1. The fourth-order valence-electron chi connectivity index (χ4n) is 2.83. The Bertz CT molecular complexity index is 594. The second-order valence-corrected chi connectivity index (χ2v) is 8.29. The number of benzene rings is 1. The van der Waals surface area contributed by atoms with E-state index in [0.29, 0.717) is 11.8 Å². The molecule has 0 bridgehead atoms. The van der Waals surface area contributed by atoms with Crippen molar-refractivity contribution in [2.24, 2.45) is 0 Å². The van der Waals surface area contributed by atoms with E-state index >= 15 is 0 Å². The number of hydrogen-bond acceptors (Lipinski definition) is 2. The molecule has 1 aromatic heterocycles. The fourth-order valence-corrected chi connectivity index (χ4v) is 5.12. The molecule has 1 fully saturated rings. The zero-order valence-corrected chi connectivity index (χ0v) is 14.7. The Morgan fingerprint density at radius 3 is 2.75 bits per heavy atom. The molecule has 106 valence electrons. The third-order valence-electron chi connectivity index (χ3n) is 3.79. The van der Waals surface area contributed by atoms with E-state index < -0.39 is 0 Å². The number of piperidine rings is 1. The molecule has 1 aliphatic rings. The molecule has 2 heterocycles. The molecule has 1 N–H and O–H groups in total. The van der Waals surface area contributed by atoms with Gasteiger partial charge in [-0.25, -0.2) is 4.39 Å². The summed E-state index contributed by atoms with van der Waals surface area (Å²) in [5.41, 5.74) is 1.09. The summed E-state index contributed by atoms with van der Waals surface area (Å²) in [6, 6.07) is 9.20. The van der Waals surface area contributed by atoms with Gasteiger partial charge < -0.3 is 5.32 Å². The van der Waals surface area contributed by atoms with Gasteiger partial charge in [0.05, 0.1) is 3.79 Å². The summed E-state index contributed by atoms with van der Waals surface area (Å²) < 4.78 is 15.7. The van der Waals surface area contributed by atoms with E-state index in [4.69, 9.17) is 0 Å². The van der Waals surface area contributed by atoms with E-state index in [1.165, 1.54) is 10.9 Å². The van der Waals surface area contributed by atoms with E-state index in [1.807, 2.05) is 6.07 Å². The van der Waals surface area contributed by atoms with E-state index in [0.717, 1.165) is 33.3 Å². The maximum Gasteiger partial charge on any atom is 0.123 e. The van der Waals surface area contributed by atoms with Gasteiger partial charge in [0.25, 0.3) is 0 Å². The third-order valence-corrected chi connectivity index (χ3v) is 7.18. The second-order valence-electron chi connectivity index (χ2n) is 5.03. The van der Waals surface area contributed by atoms with E-state index in [2.05, 4.69) is 43.2 Å². The van der Waals surface area contributed by atoms with Crippen molar-refractivity contribution < 1.29 is 4.39 Å². The van der Waals surface area contributed by atoms with Crippen LogP contribution in [0.4, 0.5) is 4.39 Å². The summed E-state index contributed by atoms with van der Waals surface area (Å²) in [5, 5.41) is 3.43. The number of hydrogen-bond donors (Lipinski definition) is 1. The molecule has 3 rings (SSSR count). The predicted molar refractivity (Wildman–Crippen MR) is 89.1 cm³/mol. The van der Waals surface area contributed by atoms with E-state index in [-0.39, 0.29) is 5.82 Å². The van der Waals surface area contributed by atoms with Crippen LogP contribution in [0.15, 0.2) is 38.6 Å². The van der Waals surface area contributed by atoms with Gasteiger partial charge in [0.1, 0.15) is 5.82 Å². The van der Waals surface area contributed by atoms with Gasteiger partial charge in [-0.3, -0.25) is 0 Å². The van der Waals surface area contributed by atoms with E-state index in [1.54, 1.807) is 23.5 Å². The lowest BCUT2D eigenvalue weighted by molar-refractivity contribution is 0.407. The zero-order chi connectivity index (χ0) is 14.1. The van der Waals surface area contributed by atoms with Crippen LogP contribution < -0.4 is 5.32 Å². The molecule has 1 aliphatic heterocycles. The van der Waals surface area contributed by atoms with Crippen LogP contribution in [0.2, 0.25) is 0 Å². The monoisotopic (exact) mass is 417 g/mol. The summed E-state index contributed by atoms with van der Waals surface area (Å²) in [6.45, 7) is 1.92. The number of thiophene rings is 1. The van der Waals surface area contributed by atoms with Crippen molar-refractivity contribution in [1.82, 2.24) is 5.32 Å². The molecule has 1 aromatic carbocycles. The summed E-state index contributed by atoms with van der Waals surface area (Å²) in [7, 11) is 0. The Balaban J connectivity index is 1.95. The largest absolute Gasteiger partial charge is 0.316 e. The zero-order valence-electron chi connectivity index (χ0n) is 10.7. The summed E-state index contributed by atoms with van der Waals surface area (Å²) in [4.78, 5) is 1.36. The molecule has 20 heavy (non-hydrogen) atoms. The molecule has 0 saturated carbocycles. The lowest BCUT2D eigenvalue weighted by Gasteiger charge is -2.32. The minimum absolute atomic E-state index is 0.152.